The molecule has 0 bridgehead atoms. The highest BCUT2D eigenvalue weighted by Gasteiger charge is 2.37. The average molecular weight is 563 g/mol. The van der Waals surface area contributed by atoms with E-state index < -0.39 is 0 Å². The molecule has 44 heavy (non-hydrogen) atoms. The van der Waals surface area contributed by atoms with E-state index in [4.69, 9.17) is 4.74 Å². The topological polar surface area (TPSA) is 22.4 Å². The van der Waals surface area contributed by atoms with Gasteiger partial charge in [0.2, 0.25) is 16.7 Å². The lowest BCUT2D eigenvalue weighted by molar-refractivity contribution is -0.538. The van der Waals surface area contributed by atoms with Crippen molar-refractivity contribution in [3.63, 3.8) is 0 Å². The van der Waals surface area contributed by atoms with Crippen LogP contribution in [0.3, 0.4) is 0 Å². The molecule has 0 spiro atoms. The van der Waals surface area contributed by atoms with E-state index in [1.807, 2.05) is 0 Å². The van der Waals surface area contributed by atoms with Gasteiger partial charge in [0.1, 0.15) is 23.1 Å². The van der Waals surface area contributed by atoms with Crippen molar-refractivity contribution in [2.75, 3.05) is 0 Å². The number of hydrogen-bond donors (Lipinski definition) is 0. The summed E-state index contributed by atoms with van der Waals surface area (Å²) in [5.74, 6) is 0.932. The number of fused-ring (bicyclic) bond motifs is 12. The molecule has 0 amide bonds. The van der Waals surface area contributed by atoms with Crippen LogP contribution in [0, 0.1) is 0 Å². The van der Waals surface area contributed by atoms with Crippen LogP contribution in [0.25, 0.3) is 76.8 Å². The van der Waals surface area contributed by atoms with Crippen molar-refractivity contribution in [3.05, 3.63) is 145 Å². The van der Waals surface area contributed by atoms with Crippen molar-refractivity contribution in [2.45, 2.75) is 6.10 Å². The Balaban J connectivity index is 1.57. The molecule has 0 N–H and O–H groups in total. The molecule has 6 aromatic carbocycles. The van der Waals surface area contributed by atoms with Crippen LogP contribution in [0.1, 0.15) is 0 Å². The van der Waals surface area contributed by atoms with E-state index in [9.17, 15) is 0 Å². The SMILES string of the molecule is C1=CC2=c3c(cc4c5c3[n+](-c3ccccc3)c3c6ccccc6ccc3n-5n3c5ccccc5c5cccc4c53)OC2C=C1. The van der Waals surface area contributed by atoms with Gasteiger partial charge >= 0.3 is 0 Å². The average Bonchev–Trinajstić information content (AvgIpc) is 3.63. The summed E-state index contributed by atoms with van der Waals surface area (Å²) in [6.07, 6.45) is 8.51. The minimum absolute atomic E-state index is 0.106. The van der Waals surface area contributed by atoms with Gasteiger partial charge in [0.25, 0.3) is 0 Å². The van der Waals surface area contributed by atoms with Crippen molar-refractivity contribution in [1.82, 2.24) is 9.20 Å². The summed E-state index contributed by atoms with van der Waals surface area (Å²) in [6.45, 7) is 0. The number of allylic oxidation sites excluding steroid dienone is 2. The summed E-state index contributed by atoms with van der Waals surface area (Å²) in [5, 5.41) is 8.51. The maximum atomic E-state index is 6.75. The molecule has 4 aliphatic rings. The number of nitrogens with zero attached hydrogens (tertiary/aromatic N) is 3. The van der Waals surface area contributed by atoms with Gasteiger partial charge in [-0.3, -0.25) is 0 Å². The van der Waals surface area contributed by atoms with Gasteiger partial charge in [0, 0.05) is 39.3 Å². The number of para-hydroxylation sites is 3. The second-order valence-corrected chi connectivity index (χ2v) is 11.9. The molecule has 1 aliphatic carbocycles. The summed E-state index contributed by atoms with van der Waals surface area (Å²) < 4.78 is 14.2. The minimum Gasteiger partial charge on any atom is -0.481 e. The first-order chi connectivity index (χ1) is 21.9. The third-order valence-electron chi connectivity index (χ3n) is 9.70. The molecule has 0 radical (unpaired) electrons. The van der Waals surface area contributed by atoms with Crippen molar-refractivity contribution in [2.24, 2.45) is 0 Å². The molecule has 11 rings (SSSR count). The molecular formula is C40H24N3O+. The quantitative estimate of drug-likeness (QED) is 0.113. The first kappa shape index (κ1) is 22.7. The number of aromatic nitrogens is 3. The summed E-state index contributed by atoms with van der Waals surface area (Å²) in [5.41, 5.74) is 9.40. The molecule has 7 aromatic rings. The van der Waals surface area contributed by atoms with Gasteiger partial charge in [0.15, 0.2) is 0 Å². The lowest BCUT2D eigenvalue weighted by Gasteiger charge is -2.23. The van der Waals surface area contributed by atoms with Crippen LogP contribution in [0.5, 0.6) is 5.75 Å². The first-order valence-corrected chi connectivity index (χ1v) is 15.2. The van der Waals surface area contributed by atoms with Crippen LogP contribution in [0.4, 0.5) is 0 Å². The van der Waals surface area contributed by atoms with Gasteiger partial charge in [-0.15, -0.1) is 4.57 Å². The summed E-state index contributed by atoms with van der Waals surface area (Å²) >= 11 is 0. The molecule has 0 saturated carbocycles. The van der Waals surface area contributed by atoms with Crippen LogP contribution in [-0.4, -0.2) is 15.3 Å². The second-order valence-electron chi connectivity index (χ2n) is 11.9. The fourth-order valence-electron chi connectivity index (χ4n) is 7.98. The molecule has 1 unspecified atom stereocenters. The molecule has 3 aliphatic heterocycles. The Bertz CT molecular complexity index is 2800. The zero-order chi connectivity index (χ0) is 28.5. The van der Waals surface area contributed by atoms with Crippen molar-refractivity contribution in [3.8, 4) is 17.1 Å². The highest BCUT2D eigenvalue weighted by molar-refractivity contribution is 6.20. The van der Waals surface area contributed by atoms with Crippen LogP contribution >= 0.6 is 0 Å². The van der Waals surface area contributed by atoms with Crippen LogP contribution < -0.4 is 14.5 Å². The van der Waals surface area contributed by atoms with E-state index in [0.29, 0.717) is 0 Å². The molecule has 204 valence electrons. The zero-order valence-electron chi connectivity index (χ0n) is 23.6. The van der Waals surface area contributed by atoms with Gasteiger partial charge in [-0.2, -0.15) is 0 Å². The monoisotopic (exact) mass is 562 g/mol. The van der Waals surface area contributed by atoms with Gasteiger partial charge in [-0.25, -0.2) is 9.20 Å². The Hall–Kier alpha value is -5.87. The molecule has 0 saturated heterocycles. The number of hydrogen-bond acceptors (Lipinski definition) is 1. The third kappa shape index (κ3) is 2.63. The highest BCUT2D eigenvalue weighted by atomic mass is 16.5. The van der Waals surface area contributed by atoms with Crippen LogP contribution in [-0.2, 0) is 0 Å². The standard InChI is InChI=1S/C40H24N3O/c1-2-12-25(13-3-1)41-38-26-14-5-4-11-24(26)21-22-33(38)43-39-31(23-35-36(40(39)41)30-16-7-9-20-34(30)44-35)29-18-10-17-28-27-15-6-8-19-32(27)42(43)37(28)29/h1-23,34H/q+1. The van der Waals surface area contributed by atoms with Gasteiger partial charge in [-0.1, -0.05) is 97.1 Å². The van der Waals surface area contributed by atoms with E-state index >= 15 is 0 Å². The Morgan fingerprint density at radius 3 is 2.30 bits per heavy atom. The summed E-state index contributed by atoms with van der Waals surface area (Å²) in [7, 11) is 0. The van der Waals surface area contributed by atoms with E-state index in [1.54, 1.807) is 0 Å². The minimum atomic E-state index is -0.106. The maximum absolute atomic E-state index is 6.75. The van der Waals surface area contributed by atoms with E-state index in [0.717, 1.165) is 27.7 Å². The zero-order valence-corrected chi connectivity index (χ0v) is 23.6. The first-order valence-electron chi connectivity index (χ1n) is 15.2. The molecule has 0 fully saturated rings. The van der Waals surface area contributed by atoms with E-state index in [1.165, 1.54) is 60.1 Å². The maximum Gasteiger partial charge on any atom is 0.249 e. The molecule has 1 atom stereocenters. The molecule has 1 aromatic heterocycles. The molecule has 4 nitrogen and oxygen atoms in total. The van der Waals surface area contributed by atoms with Gasteiger partial charge in [-0.05, 0) is 35.7 Å². The van der Waals surface area contributed by atoms with E-state index in [-0.39, 0.29) is 6.10 Å². The van der Waals surface area contributed by atoms with Crippen LogP contribution in [0.2, 0.25) is 0 Å². The Morgan fingerprint density at radius 1 is 0.614 bits per heavy atom. The van der Waals surface area contributed by atoms with Gasteiger partial charge in [0.05, 0.1) is 21.6 Å². The highest BCUT2D eigenvalue weighted by Crippen LogP contribution is 2.43. The lowest BCUT2D eigenvalue weighted by Crippen LogP contribution is -2.40. The number of benzene rings is 6. The fraction of sp³-hybridized carbons (Fsp3) is 0.0250. The third-order valence-corrected chi connectivity index (χ3v) is 9.70. The molecular weight excluding hydrogens is 538 g/mol. The summed E-state index contributed by atoms with van der Waals surface area (Å²) in [6, 6.07) is 42.0. The van der Waals surface area contributed by atoms with Crippen molar-refractivity contribution in [1.29, 1.82) is 0 Å². The number of ether oxygens (including phenoxy) is 1. The smallest absolute Gasteiger partial charge is 0.249 e. The van der Waals surface area contributed by atoms with Crippen molar-refractivity contribution >= 4 is 65.5 Å². The van der Waals surface area contributed by atoms with Crippen LogP contribution in [0.15, 0.2) is 140 Å². The Labute approximate surface area is 251 Å². The second kappa shape index (κ2) is 7.94. The van der Waals surface area contributed by atoms with E-state index in [2.05, 4.69) is 153 Å². The fourth-order valence-corrected chi connectivity index (χ4v) is 7.98. The Morgan fingerprint density at radius 2 is 1.39 bits per heavy atom. The lowest BCUT2D eigenvalue weighted by atomic mass is 9.98. The summed E-state index contributed by atoms with van der Waals surface area (Å²) in [4.78, 5) is 0. The largest absolute Gasteiger partial charge is 0.481 e. The predicted molar refractivity (Wildman–Crippen MR) is 178 cm³/mol. The normalized spacial score (nSPS) is 15.9. The molecule has 4 heteroatoms. The van der Waals surface area contributed by atoms with Crippen molar-refractivity contribution < 1.29 is 9.30 Å². The predicted octanol–water partition coefficient (Wildman–Crippen LogP) is 7.97. The Kier molecular flexibility index (Phi) is 4.10. The van der Waals surface area contributed by atoms with Gasteiger partial charge < -0.3 is 4.74 Å². The number of rotatable bonds is 1. The molecule has 4 heterocycles.